The molecule has 2 nitrogen and oxygen atoms in total. The molecule has 1 N–H and O–H groups in total. The minimum Gasteiger partial charge on any atom is -0.341 e. The molecule has 1 unspecified atom stereocenters. The number of benzene rings is 2. The molecule has 2 rings (SSSR count). The molecular formula is C15H17O2P. The van der Waals surface area contributed by atoms with E-state index in [0.717, 1.165) is 5.56 Å². The van der Waals surface area contributed by atoms with Gasteiger partial charge in [-0.1, -0.05) is 42.5 Å². The molecule has 0 heterocycles. The highest BCUT2D eigenvalue weighted by molar-refractivity contribution is 7.65. The van der Waals surface area contributed by atoms with Crippen LogP contribution in [0, 0.1) is 6.92 Å². The van der Waals surface area contributed by atoms with Crippen LogP contribution in [-0.2, 0) is 11.0 Å². The van der Waals surface area contributed by atoms with Crippen molar-refractivity contribution >= 4 is 12.7 Å². The van der Waals surface area contributed by atoms with Crippen LogP contribution in [0.15, 0.2) is 48.5 Å². The summed E-state index contributed by atoms with van der Waals surface area (Å²) in [5, 5.41) is 0.563. The van der Waals surface area contributed by atoms with Gasteiger partial charge in [-0.2, -0.15) is 0 Å². The van der Waals surface area contributed by atoms with Crippen LogP contribution in [0.4, 0.5) is 0 Å². The van der Waals surface area contributed by atoms with Crippen LogP contribution in [0.25, 0.3) is 0 Å². The van der Waals surface area contributed by atoms with E-state index in [1.807, 2.05) is 30.3 Å². The van der Waals surface area contributed by atoms with Crippen molar-refractivity contribution in [1.82, 2.24) is 0 Å². The van der Waals surface area contributed by atoms with Gasteiger partial charge in [0.2, 0.25) is 7.37 Å². The van der Waals surface area contributed by atoms with Crippen LogP contribution in [0.3, 0.4) is 0 Å². The highest BCUT2D eigenvalue weighted by Crippen LogP contribution is 2.35. The molecule has 0 aliphatic heterocycles. The first-order chi connectivity index (χ1) is 8.48. The Morgan fingerprint density at radius 2 is 1.56 bits per heavy atom. The van der Waals surface area contributed by atoms with Crippen molar-refractivity contribution in [2.45, 2.75) is 13.3 Å². The van der Waals surface area contributed by atoms with Crippen LogP contribution in [0.1, 0.15) is 16.7 Å². The summed E-state index contributed by atoms with van der Waals surface area (Å²) in [4.78, 5) is 9.77. The fraction of sp³-hybridized carbons (Fsp3) is 0.200. The molecular weight excluding hydrogens is 243 g/mol. The first-order valence-electron chi connectivity index (χ1n) is 5.92. The van der Waals surface area contributed by atoms with Crippen molar-refractivity contribution < 1.29 is 9.46 Å². The molecule has 18 heavy (non-hydrogen) atoms. The Labute approximate surface area is 108 Å². The van der Waals surface area contributed by atoms with E-state index in [-0.39, 0.29) is 0 Å². The molecule has 0 bridgehead atoms. The van der Waals surface area contributed by atoms with Gasteiger partial charge < -0.3 is 4.89 Å². The monoisotopic (exact) mass is 260 g/mol. The normalized spacial score (nSPS) is 14.2. The minimum atomic E-state index is -3.21. The number of rotatable bonds is 3. The largest absolute Gasteiger partial charge is 0.341 e. The van der Waals surface area contributed by atoms with Crippen LogP contribution < -0.4 is 5.30 Å². The lowest BCUT2D eigenvalue weighted by atomic mass is 10.0. The summed E-state index contributed by atoms with van der Waals surface area (Å²) in [6, 6.07) is 15.5. The van der Waals surface area contributed by atoms with Crippen LogP contribution in [0.2, 0.25) is 0 Å². The summed E-state index contributed by atoms with van der Waals surface area (Å²) >= 11 is 0. The Bertz CT molecular complexity index is 599. The number of hydrogen-bond donors (Lipinski definition) is 1. The van der Waals surface area contributed by atoms with Gasteiger partial charge in [0.05, 0.1) is 0 Å². The van der Waals surface area contributed by atoms with Gasteiger partial charge in [-0.15, -0.1) is 0 Å². The fourth-order valence-electron chi connectivity index (χ4n) is 2.08. The highest BCUT2D eigenvalue weighted by atomic mass is 31.2. The molecule has 0 radical (unpaired) electrons. The summed E-state index contributed by atoms with van der Waals surface area (Å²) < 4.78 is 11.9. The molecule has 2 aromatic carbocycles. The molecule has 0 aliphatic carbocycles. The predicted octanol–water partition coefficient (Wildman–Crippen LogP) is 3.11. The SMILES string of the molecule is Cc1ccccc1Cc1ccccc1P(C)(=O)O. The smallest absolute Gasteiger partial charge is 0.226 e. The lowest BCUT2D eigenvalue weighted by molar-refractivity contribution is 0.496. The van der Waals surface area contributed by atoms with E-state index in [0.29, 0.717) is 11.7 Å². The summed E-state index contributed by atoms with van der Waals surface area (Å²) in [5.74, 6) is 0. The van der Waals surface area contributed by atoms with Crippen molar-refractivity contribution in [2.24, 2.45) is 0 Å². The molecule has 0 aromatic heterocycles. The van der Waals surface area contributed by atoms with E-state index in [1.165, 1.54) is 17.8 Å². The maximum absolute atomic E-state index is 11.9. The highest BCUT2D eigenvalue weighted by Gasteiger charge is 2.17. The predicted molar refractivity (Wildman–Crippen MR) is 75.8 cm³/mol. The Morgan fingerprint density at radius 3 is 2.17 bits per heavy atom. The third-order valence-electron chi connectivity index (χ3n) is 3.08. The summed E-state index contributed by atoms with van der Waals surface area (Å²) in [6.07, 6.45) is 0.696. The molecule has 3 heteroatoms. The lowest BCUT2D eigenvalue weighted by Gasteiger charge is -2.13. The van der Waals surface area contributed by atoms with Crippen molar-refractivity contribution in [3.05, 3.63) is 65.2 Å². The Morgan fingerprint density at radius 1 is 1.00 bits per heavy atom. The fourth-order valence-corrected chi connectivity index (χ4v) is 3.13. The third-order valence-corrected chi connectivity index (χ3v) is 4.41. The van der Waals surface area contributed by atoms with Crippen molar-refractivity contribution in [3.63, 3.8) is 0 Å². The molecule has 0 saturated carbocycles. The molecule has 0 fully saturated rings. The van der Waals surface area contributed by atoms with Crippen molar-refractivity contribution in [1.29, 1.82) is 0 Å². The van der Waals surface area contributed by atoms with Crippen LogP contribution in [-0.4, -0.2) is 11.6 Å². The second kappa shape index (κ2) is 5.09. The van der Waals surface area contributed by atoms with E-state index in [2.05, 4.69) is 19.1 Å². The molecule has 0 aliphatic rings. The van der Waals surface area contributed by atoms with E-state index in [9.17, 15) is 9.46 Å². The van der Waals surface area contributed by atoms with E-state index in [4.69, 9.17) is 0 Å². The van der Waals surface area contributed by atoms with Gasteiger partial charge in [-0.25, -0.2) is 0 Å². The third kappa shape index (κ3) is 2.90. The molecule has 0 amide bonds. The van der Waals surface area contributed by atoms with Crippen LogP contribution >= 0.6 is 7.37 Å². The van der Waals surface area contributed by atoms with Gasteiger partial charge in [0.1, 0.15) is 0 Å². The van der Waals surface area contributed by atoms with Gasteiger partial charge in [0.15, 0.2) is 0 Å². The van der Waals surface area contributed by atoms with Gasteiger partial charge in [-0.3, -0.25) is 4.57 Å². The molecule has 2 aromatic rings. The topological polar surface area (TPSA) is 37.3 Å². The Hall–Kier alpha value is -1.37. The second-order valence-electron chi connectivity index (χ2n) is 4.61. The first-order valence-corrected chi connectivity index (χ1v) is 8.02. The quantitative estimate of drug-likeness (QED) is 0.861. The van der Waals surface area contributed by atoms with Gasteiger partial charge in [-0.05, 0) is 36.1 Å². The van der Waals surface area contributed by atoms with E-state index in [1.54, 1.807) is 6.07 Å². The molecule has 94 valence electrons. The van der Waals surface area contributed by atoms with Crippen LogP contribution in [0.5, 0.6) is 0 Å². The molecule has 1 atom stereocenters. The average molecular weight is 260 g/mol. The Kier molecular flexibility index (Phi) is 3.70. The zero-order valence-corrected chi connectivity index (χ0v) is 11.5. The maximum atomic E-state index is 11.9. The summed E-state index contributed by atoms with van der Waals surface area (Å²) in [6.45, 7) is 3.45. The first kappa shape index (κ1) is 13.1. The second-order valence-corrected chi connectivity index (χ2v) is 6.85. The zero-order valence-electron chi connectivity index (χ0n) is 10.6. The van der Waals surface area contributed by atoms with E-state index < -0.39 is 7.37 Å². The van der Waals surface area contributed by atoms with Crippen molar-refractivity contribution in [3.8, 4) is 0 Å². The average Bonchev–Trinajstić information content (AvgIpc) is 2.31. The number of aryl methyl sites for hydroxylation is 1. The molecule has 0 saturated heterocycles. The summed E-state index contributed by atoms with van der Waals surface area (Å²) in [7, 11) is -3.21. The van der Waals surface area contributed by atoms with Gasteiger partial charge in [0, 0.05) is 12.0 Å². The maximum Gasteiger partial charge on any atom is 0.226 e. The zero-order chi connectivity index (χ0) is 13.2. The molecule has 0 spiro atoms. The van der Waals surface area contributed by atoms with Gasteiger partial charge >= 0.3 is 0 Å². The van der Waals surface area contributed by atoms with E-state index >= 15 is 0 Å². The lowest BCUT2D eigenvalue weighted by Crippen LogP contribution is -2.11. The van der Waals surface area contributed by atoms with Gasteiger partial charge in [0.25, 0.3) is 0 Å². The standard InChI is InChI=1S/C15H17O2P/c1-12-7-3-4-8-13(12)11-14-9-5-6-10-15(14)18(2,16)17/h3-10H,11H2,1-2H3,(H,16,17). The van der Waals surface area contributed by atoms with Crippen molar-refractivity contribution in [2.75, 3.05) is 6.66 Å². The Balaban J connectivity index is 2.42. The number of hydrogen-bond acceptors (Lipinski definition) is 1. The summed E-state index contributed by atoms with van der Waals surface area (Å²) in [5.41, 5.74) is 3.33. The minimum absolute atomic E-state index is 0.563.